The molecule has 0 aromatic heterocycles. The summed E-state index contributed by atoms with van der Waals surface area (Å²) in [4.78, 5) is 26.0. The van der Waals surface area contributed by atoms with Gasteiger partial charge >= 0.3 is 5.97 Å². The van der Waals surface area contributed by atoms with Gasteiger partial charge in [-0.2, -0.15) is 0 Å². The van der Waals surface area contributed by atoms with Crippen LogP contribution < -0.4 is 0 Å². The summed E-state index contributed by atoms with van der Waals surface area (Å²) < 4.78 is 25.3. The molecule has 9 nitrogen and oxygen atoms in total. The average molecular weight is 660 g/mol. The van der Waals surface area contributed by atoms with Gasteiger partial charge in [-0.1, -0.05) is 34.6 Å². The Kier molecular flexibility index (Phi) is 7.91. The van der Waals surface area contributed by atoms with E-state index in [0.29, 0.717) is 38.0 Å². The first-order chi connectivity index (χ1) is 21.8. The van der Waals surface area contributed by atoms with Gasteiger partial charge in [0.05, 0.1) is 43.2 Å². The quantitative estimate of drug-likeness (QED) is 0.393. The van der Waals surface area contributed by atoms with Gasteiger partial charge in [0.2, 0.25) is 5.91 Å². The first-order valence-corrected chi connectivity index (χ1v) is 18.6. The van der Waals surface area contributed by atoms with Crippen LogP contribution in [0.4, 0.5) is 0 Å². The number of carbonyl (C=O) groups is 2. The van der Waals surface area contributed by atoms with Gasteiger partial charge in [0, 0.05) is 25.8 Å². The van der Waals surface area contributed by atoms with Gasteiger partial charge in [0.15, 0.2) is 12.4 Å². The van der Waals surface area contributed by atoms with Gasteiger partial charge in [-0.3, -0.25) is 9.59 Å². The van der Waals surface area contributed by atoms with E-state index in [9.17, 15) is 19.8 Å². The van der Waals surface area contributed by atoms with Gasteiger partial charge in [-0.25, -0.2) is 0 Å². The standard InChI is InChI=1S/C38H61NO8/c1-21-18-24(32(34(6,7)43)45-23(3)41)46-30-29(21)35(8)14-15-38-20-37(38)13-12-27(47-28-19-39(22(2)40)16-17-44-28)33(4,5)25(37)10-11-26(38)36(35,9)31(30)42/h21,24-32,42-43H,10-20H2,1-9H3/t21-,24?,25+,26?,27+,28+,29+,30?,31+,32+,35-,36-,37?,38?/m1/s1. The molecule has 0 radical (unpaired) electrons. The van der Waals surface area contributed by atoms with Gasteiger partial charge in [0.25, 0.3) is 0 Å². The van der Waals surface area contributed by atoms with Crippen LogP contribution in [-0.2, 0) is 28.5 Å². The van der Waals surface area contributed by atoms with E-state index in [-0.39, 0.29) is 63.3 Å². The number of aliphatic hydroxyl groups excluding tert-OH is 1. The number of hydrogen-bond acceptors (Lipinski definition) is 8. The van der Waals surface area contributed by atoms with E-state index >= 15 is 0 Å². The minimum atomic E-state index is -1.26. The van der Waals surface area contributed by atoms with Crippen molar-refractivity contribution < 1.29 is 38.7 Å². The molecule has 2 heterocycles. The third-order valence-corrected chi connectivity index (χ3v) is 15.9. The Hall–Kier alpha value is -1.26. The highest BCUT2D eigenvalue weighted by atomic mass is 16.7. The fraction of sp³-hybridized carbons (Fsp3) is 0.947. The molecule has 7 rings (SSSR count). The number of esters is 1. The second-order valence-corrected chi connectivity index (χ2v) is 18.6. The lowest BCUT2D eigenvalue weighted by atomic mass is 9.41. The lowest BCUT2D eigenvalue weighted by Crippen LogP contribution is -2.60. The molecule has 9 heteroatoms. The molecule has 2 aliphatic heterocycles. The smallest absolute Gasteiger partial charge is 0.303 e. The monoisotopic (exact) mass is 659 g/mol. The second kappa shape index (κ2) is 10.9. The lowest BCUT2D eigenvalue weighted by molar-refractivity contribution is -0.247. The van der Waals surface area contributed by atoms with Crippen molar-refractivity contribution >= 4 is 11.9 Å². The van der Waals surface area contributed by atoms with Crippen molar-refractivity contribution in [2.75, 3.05) is 19.7 Å². The maximum atomic E-state index is 12.5. The van der Waals surface area contributed by atoms with Crippen LogP contribution in [0.25, 0.3) is 0 Å². The first kappa shape index (κ1) is 34.2. The van der Waals surface area contributed by atoms with E-state index in [1.54, 1.807) is 20.8 Å². The molecule has 0 aromatic carbocycles. The molecule has 0 aromatic rings. The fourth-order valence-electron chi connectivity index (χ4n) is 13.8. The number of fused-ring (bicyclic) bond motifs is 4. The molecule has 1 amide bonds. The summed E-state index contributed by atoms with van der Waals surface area (Å²) in [6.07, 6.45) is 6.05. The molecule has 0 bridgehead atoms. The summed E-state index contributed by atoms with van der Waals surface area (Å²) in [6, 6.07) is 0. The molecular weight excluding hydrogens is 598 g/mol. The number of hydrogen-bond donors (Lipinski definition) is 2. The van der Waals surface area contributed by atoms with Gasteiger partial charge in [0.1, 0.15) is 0 Å². The number of ether oxygens (including phenoxy) is 4. The van der Waals surface area contributed by atoms with Crippen LogP contribution in [0.1, 0.15) is 114 Å². The molecule has 14 atom stereocenters. The fourth-order valence-corrected chi connectivity index (χ4v) is 13.8. The lowest BCUT2D eigenvalue weighted by Gasteiger charge is -2.64. The number of amides is 1. The number of carbonyl (C=O) groups excluding carboxylic acids is 2. The second-order valence-electron chi connectivity index (χ2n) is 18.6. The van der Waals surface area contributed by atoms with Crippen LogP contribution >= 0.6 is 0 Å². The first-order valence-electron chi connectivity index (χ1n) is 18.6. The SMILES string of the molecule is CC(=O)O[C@@H](C1C[C@@H](C)[C@H]2C(O1)[C@H](O)[C@@]1(C)C3CC[C@H]4C(C)(C)[C@@H](O[C@H]5CN(C(C)=O)CCO5)CCC45CC35CC[C@]21C)C(C)(C)O. The Morgan fingerprint density at radius 3 is 2.34 bits per heavy atom. The van der Waals surface area contributed by atoms with Gasteiger partial charge < -0.3 is 34.1 Å². The van der Waals surface area contributed by atoms with E-state index in [4.69, 9.17) is 18.9 Å². The highest BCUT2D eigenvalue weighted by Gasteiger charge is 2.84. The number of nitrogens with zero attached hydrogens (tertiary/aromatic N) is 1. The maximum Gasteiger partial charge on any atom is 0.303 e. The molecule has 7 fully saturated rings. The third-order valence-electron chi connectivity index (χ3n) is 15.9. The molecule has 2 N–H and O–H groups in total. The van der Waals surface area contributed by atoms with Gasteiger partial charge in [-0.15, -0.1) is 0 Å². The Bertz CT molecular complexity index is 1280. The topological polar surface area (TPSA) is 115 Å². The summed E-state index contributed by atoms with van der Waals surface area (Å²) in [7, 11) is 0. The number of aliphatic hydroxyl groups is 2. The molecule has 5 aliphatic carbocycles. The summed E-state index contributed by atoms with van der Waals surface area (Å²) in [5.74, 6) is 1.06. The zero-order valence-corrected chi connectivity index (χ0v) is 30.3. The molecular formula is C38H61NO8. The van der Waals surface area contributed by atoms with Crippen LogP contribution in [0, 0.1) is 50.7 Å². The van der Waals surface area contributed by atoms with E-state index in [2.05, 4.69) is 34.6 Å². The zero-order valence-electron chi connectivity index (χ0n) is 30.3. The molecule has 2 saturated heterocycles. The van der Waals surface area contributed by atoms with Crippen LogP contribution in [0.3, 0.4) is 0 Å². The molecule has 5 saturated carbocycles. The number of rotatable bonds is 5. The molecule has 2 spiro atoms. The van der Waals surface area contributed by atoms with E-state index < -0.39 is 29.9 Å². The summed E-state index contributed by atoms with van der Waals surface area (Å²) in [6.45, 7) is 19.9. The van der Waals surface area contributed by atoms with Crippen molar-refractivity contribution in [3.63, 3.8) is 0 Å². The van der Waals surface area contributed by atoms with E-state index in [0.717, 1.165) is 32.1 Å². The summed E-state index contributed by atoms with van der Waals surface area (Å²) >= 11 is 0. The maximum absolute atomic E-state index is 12.5. The Labute approximate surface area is 281 Å². The van der Waals surface area contributed by atoms with E-state index in [1.807, 2.05) is 4.90 Å². The molecule has 5 unspecified atom stereocenters. The predicted molar refractivity (Wildman–Crippen MR) is 175 cm³/mol. The van der Waals surface area contributed by atoms with Gasteiger partial charge in [-0.05, 0) is 111 Å². The Balaban J connectivity index is 1.13. The van der Waals surface area contributed by atoms with Crippen molar-refractivity contribution in [2.24, 2.45) is 50.7 Å². The zero-order chi connectivity index (χ0) is 34.1. The minimum absolute atomic E-state index is 0.0216. The molecule has 7 aliphatic rings. The predicted octanol–water partition coefficient (Wildman–Crippen LogP) is 5.09. The van der Waals surface area contributed by atoms with Crippen LogP contribution in [-0.4, -0.2) is 89.1 Å². The highest BCUT2D eigenvalue weighted by Crippen LogP contribution is 2.89. The van der Waals surface area contributed by atoms with Crippen molar-refractivity contribution in [1.29, 1.82) is 0 Å². The Morgan fingerprint density at radius 2 is 1.68 bits per heavy atom. The van der Waals surface area contributed by atoms with Crippen molar-refractivity contribution in [3.05, 3.63) is 0 Å². The normalized spacial score (nSPS) is 50.6. The summed E-state index contributed by atoms with van der Waals surface area (Å²) in [5, 5.41) is 23.6. The average Bonchev–Trinajstić information content (AvgIpc) is 3.61. The minimum Gasteiger partial charge on any atom is -0.457 e. The third kappa shape index (κ3) is 4.64. The molecule has 266 valence electrons. The molecule has 47 heavy (non-hydrogen) atoms. The van der Waals surface area contributed by atoms with Crippen molar-refractivity contribution in [1.82, 2.24) is 4.90 Å². The number of morpholine rings is 1. The Morgan fingerprint density at radius 1 is 1.00 bits per heavy atom. The van der Waals surface area contributed by atoms with Crippen molar-refractivity contribution in [2.45, 2.75) is 156 Å². The largest absolute Gasteiger partial charge is 0.457 e. The van der Waals surface area contributed by atoms with Crippen LogP contribution in [0.15, 0.2) is 0 Å². The van der Waals surface area contributed by atoms with Crippen LogP contribution in [0.2, 0.25) is 0 Å². The van der Waals surface area contributed by atoms with E-state index in [1.165, 1.54) is 19.8 Å². The van der Waals surface area contributed by atoms with Crippen molar-refractivity contribution in [3.8, 4) is 0 Å². The van der Waals surface area contributed by atoms with Crippen LogP contribution in [0.5, 0.6) is 0 Å². The highest BCUT2D eigenvalue weighted by molar-refractivity contribution is 5.73. The summed E-state index contributed by atoms with van der Waals surface area (Å²) in [5.41, 5.74) is -1.16.